The molecule has 2 unspecified atom stereocenters. The number of likely N-dealkylation sites (N-methyl/N-ethyl adjacent to an activating group) is 1. The van der Waals surface area contributed by atoms with Gasteiger partial charge in [0, 0.05) is 19.3 Å². The number of hydrogen-bond acceptors (Lipinski definition) is 5. The molecule has 0 saturated carbocycles. The number of amides is 3. The first-order valence-electron chi connectivity index (χ1n) is 8.70. The van der Waals surface area contributed by atoms with E-state index in [9.17, 15) is 9.59 Å². The van der Waals surface area contributed by atoms with E-state index >= 15 is 0 Å². The highest BCUT2D eigenvalue weighted by Crippen LogP contribution is 2.29. The molecule has 2 aliphatic rings. The molecule has 0 radical (unpaired) electrons. The normalized spacial score (nSPS) is 22.7. The molecule has 6 nitrogen and oxygen atoms in total. The van der Waals surface area contributed by atoms with Gasteiger partial charge in [-0.3, -0.25) is 10.1 Å². The molecule has 0 aromatic heterocycles. The number of urea groups is 1. The van der Waals surface area contributed by atoms with Gasteiger partial charge in [0.15, 0.2) is 17.4 Å². The number of aliphatic imine (C=N–C) groups is 1. The van der Waals surface area contributed by atoms with Gasteiger partial charge in [-0.1, -0.05) is 49.0 Å². The van der Waals surface area contributed by atoms with E-state index in [0.717, 1.165) is 36.7 Å². The molecule has 2 atom stereocenters. The van der Waals surface area contributed by atoms with E-state index in [1.165, 1.54) is 10.5 Å². The zero-order chi connectivity index (χ0) is 17.8. The second-order valence-electron chi connectivity index (χ2n) is 6.31. The zero-order valence-electron chi connectivity index (χ0n) is 14.6. The van der Waals surface area contributed by atoms with Crippen LogP contribution in [0.2, 0.25) is 0 Å². The Morgan fingerprint density at radius 1 is 1.24 bits per heavy atom. The lowest BCUT2D eigenvalue weighted by Crippen LogP contribution is -2.63. The van der Waals surface area contributed by atoms with Gasteiger partial charge in [0.25, 0.3) is 5.91 Å². The Kier molecular flexibility index (Phi) is 5.63. The lowest BCUT2D eigenvalue weighted by Gasteiger charge is -2.36. The molecule has 3 amide bonds. The van der Waals surface area contributed by atoms with E-state index in [1.54, 1.807) is 18.8 Å². The molecule has 25 heavy (non-hydrogen) atoms. The van der Waals surface area contributed by atoms with E-state index in [2.05, 4.69) is 34.3 Å². The van der Waals surface area contributed by atoms with E-state index in [0.29, 0.717) is 0 Å². The second kappa shape index (κ2) is 7.91. The second-order valence-corrected chi connectivity index (χ2v) is 7.37. The van der Waals surface area contributed by atoms with Crippen molar-refractivity contribution in [1.82, 2.24) is 15.1 Å². The SMILES string of the molecule is CCCSC1=NC2C(C(=O)NC(=O)N2C)N1CCCc1ccccc1. The van der Waals surface area contributed by atoms with Crippen LogP contribution in [-0.4, -0.2) is 58.5 Å². The van der Waals surface area contributed by atoms with Crippen molar-refractivity contribution < 1.29 is 9.59 Å². The molecule has 1 fully saturated rings. The fourth-order valence-corrected chi connectivity index (χ4v) is 4.09. The zero-order valence-corrected chi connectivity index (χ0v) is 15.5. The number of benzene rings is 1. The van der Waals surface area contributed by atoms with E-state index in [-0.39, 0.29) is 11.9 Å². The van der Waals surface area contributed by atoms with Crippen molar-refractivity contribution in [2.24, 2.45) is 4.99 Å². The van der Waals surface area contributed by atoms with Gasteiger partial charge >= 0.3 is 6.03 Å². The predicted molar refractivity (Wildman–Crippen MR) is 101 cm³/mol. The Balaban J connectivity index is 1.71. The summed E-state index contributed by atoms with van der Waals surface area (Å²) >= 11 is 1.67. The molecular weight excluding hydrogens is 336 g/mol. The van der Waals surface area contributed by atoms with E-state index in [1.807, 2.05) is 18.2 Å². The van der Waals surface area contributed by atoms with Crippen molar-refractivity contribution in [2.45, 2.75) is 38.4 Å². The molecule has 1 N–H and O–H groups in total. The summed E-state index contributed by atoms with van der Waals surface area (Å²) in [6, 6.07) is 9.54. The first-order chi connectivity index (χ1) is 12.1. The van der Waals surface area contributed by atoms with Crippen LogP contribution >= 0.6 is 11.8 Å². The number of nitrogens with zero attached hydrogens (tertiary/aromatic N) is 3. The highest BCUT2D eigenvalue weighted by Gasteiger charge is 2.48. The molecule has 0 spiro atoms. The molecule has 0 aliphatic carbocycles. The summed E-state index contributed by atoms with van der Waals surface area (Å²) in [5.74, 6) is 0.705. The minimum Gasteiger partial charge on any atom is -0.336 e. The molecular formula is C18H24N4O2S. The molecule has 2 aliphatic heterocycles. The third-order valence-corrected chi connectivity index (χ3v) is 5.68. The number of imide groups is 1. The first kappa shape index (κ1) is 17.8. The molecule has 1 aromatic rings. The Bertz CT molecular complexity index is 664. The third-order valence-electron chi connectivity index (χ3n) is 4.47. The topological polar surface area (TPSA) is 65.0 Å². The van der Waals surface area contributed by atoms with Crippen LogP contribution in [0, 0.1) is 0 Å². The fraction of sp³-hybridized carbons (Fsp3) is 0.500. The highest BCUT2D eigenvalue weighted by molar-refractivity contribution is 8.13. The minimum absolute atomic E-state index is 0.247. The number of hydrogen-bond donors (Lipinski definition) is 1. The van der Waals surface area contributed by atoms with Crippen LogP contribution in [0.1, 0.15) is 25.3 Å². The molecule has 134 valence electrons. The molecule has 2 heterocycles. The summed E-state index contributed by atoms with van der Waals surface area (Å²) in [6.07, 6.45) is 2.51. The predicted octanol–water partition coefficient (Wildman–Crippen LogP) is 2.31. The fourth-order valence-electron chi connectivity index (χ4n) is 3.15. The van der Waals surface area contributed by atoms with Gasteiger partial charge in [-0.25, -0.2) is 9.79 Å². The van der Waals surface area contributed by atoms with Crippen LogP contribution in [0.5, 0.6) is 0 Å². The van der Waals surface area contributed by atoms with Gasteiger partial charge in [0.1, 0.15) is 0 Å². The maximum absolute atomic E-state index is 12.4. The third kappa shape index (κ3) is 3.81. The molecule has 3 rings (SSSR count). The quantitative estimate of drug-likeness (QED) is 0.845. The monoisotopic (exact) mass is 360 g/mol. The van der Waals surface area contributed by atoms with E-state index in [4.69, 9.17) is 0 Å². The average molecular weight is 360 g/mol. The van der Waals surface area contributed by atoms with Gasteiger partial charge in [0.05, 0.1) is 0 Å². The van der Waals surface area contributed by atoms with Crippen molar-refractivity contribution >= 4 is 28.9 Å². The molecule has 7 heteroatoms. The van der Waals surface area contributed by atoms with Gasteiger partial charge in [-0.2, -0.15) is 0 Å². The average Bonchev–Trinajstić information content (AvgIpc) is 2.98. The number of thioether (sulfide) groups is 1. The summed E-state index contributed by atoms with van der Waals surface area (Å²) in [7, 11) is 1.69. The highest BCUT2D eigenvalue weighted by atomic mass is 32.2. The summed E-state index contributed by atoms with van der Waals surface area (Å²) in [5.41, 5.74) is 1.29. The standard InChI is InChI=1S/C18H24N4O2S/c1-3-12-25-18-19-15-14(16(23)20-17(24)21(15)2)22(18)11-7-10-13-8-5-4-6-9-13/h4-6,8-9,14-15H,3,7,10-12H2,1-2H3,(H,20,23,24). The number of carbonyl (C=O) groups is 2. The number of aryl methyl sites for hydroxylation is 1. The number of nitrogens with one attached hydrogen (secondary N) is 1. The van der Waals surface area contributed by atoms with Gasteiger partial charge in [-0.15, -0.1) is 0 Å². The van der Waals surface area contributed by atoms with Gasteiger partial charge in [0.2, 0.25) is 0 Å². The number of carbonyl (C=O) groups excluding carboxylic acids is 2. The lowest BCUT2D eigenvalue weighted by atomic mass is 10.1. The Hall–Kier alpha value is -2.02. The van der Waals surface area contributed by atoms with Gasteiger partial charge in [-0.05, 0) is 24.8 Å². The van der Waals surface area contributed by atoms with Crippen LogP contribution < -0.4 is 5.32 Å². The van der Waals surface area contributed by atoms with Crippen molar-refractivity contribution in [2.75, 3.05) is 19.3 Å². The van der Waals surface area contributed by atoms with Crippen LogP contribution in [0.3, 0.4) is 0 Å². The Labute approximate surface area is 152 Å². The van der Waals surface area contributed by atoms with Crippen molar-refractivity contribution in [3.05, 3.63) is 35.9 Å². The maximum atomic E-state index is 12.4. The first-order valence-corrected chi connectivity index (χ1v) is 9.69. The lowest BCUT2D eigenvalue weighted by molar-refractivity contribution is -0.127. The molecule has 1 saturated heterocycles. The largest absolute Gasteiger partial charge is 0.336 e. The summed E-state index contributed by atoms with van der Waals surface area (Å²) in [5, 5.41) is 3.32. The summed E-state index contributed by atoms with van der Waals surface area (Å²) < 4.78 is 0. The minimum atomic E-state index is -0.419. The summed E-state index contributed by atoms with van der Waals surface area (Å²) in [4.78, 5) is 32.6. The van der Waals surface area contributed by atoms with Crippen molar-refractivity contribution in [1.29, 1.82) is 0 Å². The van der Waals surface area contributed by atoms with Crippen molar-refractivity contribution in [3.8, 4) is 0 Å². The number of fused-ring (bicyclic) bond motifs is 1. The number of rotatable bonds is 6. The molecule has 1 aromatic carbocycles. The molecule has 0 bridgehead atoms. The van der Waals surface area contributed by atoms with Crippen LogP contribution in [0.15, 0.2) is 35.3 Å². The maximum Gasteiger partial charge on any atom is 0.325 e. The Morgan fingerprint density at radius 3 is 2.72 bits per heavy atom. The Morgan fingerprint density at radius 2 is 2.00 bits per heavy atom. The van der Waals surface area contributed by atoms with Crippen molar-refractivity contribution in [3.63, 3.8) is 0 Å². The van der Waals surface area contributed by atoms with Crippen LogP contribution in [-0.2, 0) is 11.2 Å². The van der Waals surface area contributed by atoms with Crippen LogP contribution in [0.25, 0.3) is 0 Å². The smallest absolute Gasteiger partial charge is 0.325 e. The van der Waals surface area contributed by atoms with E-state index < -0.39 is 12.2 Å². The van der Waals surface area contributed by atoms with Crippen LogP contribution in [0.4, 0.5) is 4.79 Å². The summed E-state index contributed by atoms with van der Waals surface area (Å²) in [6.45, 7) is 2.87. The van der Waals surface area contributed by atoms with Gasteiger partial charge < -0.3 is 9.80 Å². The number of amidine groups is 1.